The number of nitrogens with zero attached hydrogens (tertiary/aromatic N) is 3. The Kier molecular flexibility index (Phi) is 5.22. The second-order valence-corrected chi connectivity index (χ2v) is 4.75. The number of amidine groups is 1. The molecule has 1 rings (SSSR count). The smallest absolute Gasteiger partial charge is 0.171 e. The van der Waals surface area contributed by atoms with Crippen LogP contribution in [0, 0.1) is 5.92 Å². The molecule has 0 fully saturated rings. The number of pyridine rings is 1. The molecule has 0 spiro atoms. The summed E-state index contributed by atoms with van der Waals surface area (Å²) < 4.78 is 0. The molecule has 0 aromatic carbocycles. The maximum absolute atomic E-state index is 8.70. The first-order valence-corrected chi connectivity index (χ1v) is 6.22. The van der Waals surface area contributed by atoms with E-state index in [4.69, 9.17) is 22.5 Å². The van der Waals surface area contributed by atoms with Crippen molar-refractivity contribution in [3.8, 4) is 0 Å². The summed E-state index contributed by atoms with van der Waals surface area (Å²) in [4.78, 5) is 6.22. The second kappa shape index (κ2) is 6.44. The van der Waals surface area contributed by atoms with Crippen molar-refractivity contribution >= 4 is 23.3 Å². The van der Waals surface area contributed by atoms with Crippen LogP contribution >= 0.6 is 11.6 Å². The lowest BCUT2D eigenvalue weighted by Crippen LogP contribution is -2.25. The molecule has 0 aliphatic heterocycles. The highest BCUT2D eigenvalue weighted by Gasteiger charge is 2.15. The zero-order valence-corrected chi connectivity index (χ0v) is 11.6. The standard InChI is InChI=1S/C12H19ClN4O/c1-4-8(2)7-17(3)12-10(13)9(5-6-15-12)11(14)16-18/h5-6,8,18H,4,7H2,1-3H3,(H2,14,16). The quantitative estimate of drug-likeness (QED) is 0.373. The van der Waals surface area contributed by atoms with Crippen molar-refractivity contribution in [1.29, 1.82) is 0 Å². The molecule has 6 heteroatoms. The fraction of sp³-hybridized carbons (Fsp3) is 0.500. The van der Waals surface area contributed by atoms with Crippen LogP contribution in [0.4, 0.5) is 5.82 Å². The van der Waals surface area contributed by atoms with E-state index < -0.39 is 0 Å². The zero-order valence-electron chi connectivity index (χ0n) is 10.9. The fourth-order valence-corrected chi connectivity index (χ4v) is 1.99. The Balaban J connectivity index is 3.03. The molecule has 0 aliphatic carbocycles. The topological polar surface area (TPSA) is 74.7 Å². The number of hydrogen-bond acceptors (Lipinski definition) is 4. The van der Waals surface area contributed by atoms with Gasteiger partial charge in [0.15, 0.2) is 5.84 Å². The first-order chi connectivity index (χ1) is 8.51. The zero-order chi connectivity index (χ0) is 13.7. The summed E-state index contributed by atoms with van der Waals surface area (Å²) in [5.74, 6) is 1.17. The van der Waals surface area contributed by atoms with Crippen LogP contribution in [-0.2, 0) is 0 Å². The van der Waals surface area contributed by atoms with Crippen LogP contribution in [0.1, 0.15) is 25.8 Å². The minimum absolute atomic E-state index is 0.0133. The minimum atomic E-state index is -0.0133. The fourth-order valence-electron chi connectivity index (χ4n) is 1.63. The molecule has 0 bridgehead atoms. The molecule has 1 aromatic rings. The molecular formula is C12H19ClN4O. The van der Waals surface area contributed by atoms with Gasteiger partial charge in [-0.1, -0.05) is 37.0 Å². The van der Waals surface area contributed by atoms with E-state index in [1.807, 2.05) is 11.9 Å². The van der Waals surface area contributed by atoms with Crippen molar-refractivity contribution in [2.75, 3.05) is 18.5 Å². The number of anilines is 1. The summed E-state index contributed by atoms with van der Waals surface area (Å²) in [7, 11) is 1.93. The third kappa shape index (κ3) is 3.26. The Hall–Kier alpha value is -1.49. The lowest BCUT2D eigenvalue weighted by molar-refractivity contribution is 0.318. The highest BCUT2D eigenvalue weighted by Crippen LogP contribution is 2.26. The van der Waals surface area contributed by atoms with Crippen LogP contribution in [0.15, 0.2) is 17.4 Å². The van der Waals surface area contributed by atoms with Gasteiger partial charge in [-0.3, -0.25) is 0 Å². The van der Waals surface area contributed by atoms with E-state index >= 15 is 0 Å². The predicted octanol–water partition coefficient (Wildman–Crippen LogP) is 2.31. The number of hydrogen-bond donors (Lipinski definition) is 2. The lowest BCUT2D eigenvalue weighted by atomic mass is 10.1. The molecule has 0 saturated carbocycles. The lowest BCUT2D eigenvalue weighted by Gasteiger charge is -2.23. The monoisotopic (exact) mass is 270 g/mol. The van der Waals surface area contributed by atoms with E-state index in [-0.39, 0.29) is 5.84 Å². The van der Waals surface area contributed by atoms with Gasteiger partial charge in [-0.2, -0.15) is 0 Å². The SMILES string of the molecule is CCC(C)CN(C)c1nccc(/C(N)=N/O)c1Cl. The van der Waals surface area contributed by atoms with Crippen molar-refractivity contribution in [3.63, 3.8) is 0 Å². The molecule has 0 aliphatic rings. The maximum Gasteiger partial charge on any atom is 0.171 e. The molecule has 0 radical (unpaired) electrons. The van der Waals surface area contributed by atoms with Crippen LogP contribution in [0.5, 0.6) is 0 Å². The summed E-state index contributed by atoms with van der Waals surface area (Å²) in [5, 5.41) is 12.1. The van der Waals surface area contributed by atoms with Crippen LogP contribution in [0.3, 0.4) is 0 Å². The van der Waals surface area contributed by atoms with Crippen molar-refractivity contribution in [2.24, 2.45) is 16.8 Å². The van der Waals surface area contributed by atoms with Crippen molar-refractivity contribution < 1.29 is 5.21 Å². The van der Waals surface area contributed by atoms with E-state index in [0.717, 1.165) is 13.0 Å². The van der Waals surface area contributed by atoms with E-state index in [2.05, 4.69) is 24.0 Å². The van der Waals surface area contributed by atoms with Gasteiger partial charge in [0.1, 0.15) is 5.82 Å². The van der Waals surface area contributed by atoms with E-state index in [0.29, 0.717) is 22.3 Å². The first-order valence-electron chi connectivity index (χ1n) is 5.84. The Morgan fingerprint density at radius 1 is 1.67 bits per heavy atom. The third-order valence-electron chi connectivity index (χ3n) is 2.90. The van der Waals surface area contributed by atoms with Gasteiger partial charge in [-0.25, -0.2) is 4.98 Å². The maximum atomic E-state index is 8.70. The number of rotatable bonds is 5. The van der Waals surface area contributed by atoms with E-state index in [1.165, 1.54) is 0 Å². The number of aromatic nitrogens is 1. The Labute approximate surface area is 112 Å². The Morgan fingerprint density at radius 3 is 2.89 bits per heavy atom. The van der Waals surface area contributed by atoms with Gasteiger partial charge in [-0.15, -0.1) is 0 Å². The highest BCUT2D eigenvalue weighted by atomic mass is 35.5. The largest absolute Gasteiger partial charge is 0.409 e. The summed E-state index contributed by atoms with van der Waals surface area (Å²) in [6.07, 6.45) is 2.68. The molecular weight excluding hydrogens is 252 g/mol. The van der Waals surface area contributed by atoms with Gasteiger partial charge >= 0.3 is 0 Å². The number of oxime groups is 1. The van der Waals surface area contributed by atoms with Gasteiger partial charge in [0.2, 0.25) is 0 Å². The average Bonchev–Trinajstić information content (AvgIpc) is 2.37. The third-order valence-corrected chi connectivity index (χ3v) is 3.27. The molecule has 0 saturated heterocycles. The van der Waals surface area contributed by atoms with Crippen LogP contribution in [0.2, 0.25) is 5.02 Å². The summed E-state index contributed by atoms with van der Waals surface area (Å²) >= 11 is 6.23. The van der Waals surface area contributed by atoms with Crippen molar-refractivity contribution in [1.82, 2.24) is 4.98 Å². The molecule has 1 aromatic heterocycles. The molecule has 5 nitrogen and oxygen atoms in total. The van der Waals surface area contributed by atoms with Gasteiger partial charge in [0.05, 0.1) is 5.02 Å². The van der Waals surface area contributed by atoms with Gasteiger partial charge < -0.3 is 15.8 Å². The van der Waals surface area contributed by atoms with Crippen LogP contribution in [-0.4, -0.2) is 29.6 Å². The summed E-state index contributed by atoms with van der Waals surface area (Å²) in [6, 6.07) is 1.62. The van der Waals surface area contributed by atoms with Crippen molar-refractivity contribution in [3.05, 3.63) is 22.8 Å². The molecule has 0 amide bonds. The predicted molar refractivity (Wildman–Crippen MR) is 74.5 cm³/mol. The van der Waals surface area contributed by atoms with E-state index in [9.17, 15) is 0 Å². The first kappa shape index (κ1) is 14.6. The van der Waals surface area contributed by atoms with Gasteiger partial charge in [0, 0.05) is 25.4 Å². The van der Waals surface area contributed by atoms with Gasteiger partial charge in [-0.05, 0) is 12.0 Å². The summed E-state index contributed by atoms with van der Waals surface area (Å²) in [6.45, 7) is 5.15. The Bertz CT molecular complexity index is 436. The second-order valence-electron chi connectivity index (χ2n) is 4.38. The molecule has 18 heavy (non-hydrogen) atoms. The molecule has 1 heterocycles. The van der Waals surface area contributed by atoms with Gasteiger partial charge in [0.25, 0.3) is 0 Å². The number of halogens is 1. The highest BCUT2D eigenvalue weighted by molar-refractivity contribution is 6.36. The molecule has 1 unspecified atom stereocenters. The Morgan fingerprint density at radius 2 is 2.33 bits per heavy atom. The summed E-state index contributed by atoms with van der Waals surface area (Å²) in [5.41, 5.74) is 6.05. The average molecular weight is 271 g/mol. The minimum Gasteiger partial charge on any atom is -0.409 e. The molecule has 3 N–H and O–H groups in total. The number of nitrogens with two attached hydrogens (primary N) is 1. The molecule has 1 atom stereocenters. The van der Waals surface area contributed by atoms with Crippen molar-refractivity contribution in [2.45, 2.75) is 20.3 Å². The van der Waals surface area contributed by atoms with E-state index in [1.54, 1.807) is 12.3 Å². The normalized spacial score (nSPS) is 13.4. The van der Waals surface area contributed by atoms with Crippen LogP contribution in [0.25, 0.3) is 0 Å². The van der Waals surface area contributed by atoms with Crippen LogP contribution < -0.4 is 10.6 Å². The molecule has 100 valence electrons.